The molecule has 4 aliphatic rings. The van der Waals surface area contributed by atoms with Gasteiger partial charge >= 0.3 is 0 Å². The van der Waals surface area contributed by atoms with Gasteiger partial charge in [-0.15, -0.1) is 0 Å². The van der Waals surface area contributed by atoms with Crippen molar-refractivity contribution >= 4 is 23.4 Å². The average Bonchev–Trinajstić information content (AvgIpc) is 3.46. The highest BCUT2D eigenvalue weighted by molar-refractivity contribution is 6.23. The second-order valence-corrected chi connectivity index (χ2v) is 8.81. The molecule has 4 unspecified atom stereocenters. The fourth-order valence-electron chi connectivity index (χ4n) is 5.79. The number of rotatable bonds is 2. The second-order valence-electron chi connectivity index (χ2n) is 8.81. The number of allylic oxidation sites excluding steroid dienone is 2. The molecule has 0 N–H and O–H groups in total. The molecule has 2 aliphatic heterocycles. The monoisotopic (exact) mass is 398 g/mol. The number of carbonyl (C=O) groups excluding carboxylic acids is 3. The van der Waals surface area contributed by atoms with Gasteiger partial charge in [-0.05, 0) is 54.0 Å². The van der Waals surface area contributed by atoms with E-state index in [9.17, 15) is 14.4 Å². The van der Waals surface area contributed by atoms with E-state index in [0.717, 1.165) is 12.8 Å². The van der Waals surface area contributed by atoms with E-state index in [1.165, 1.54) is 16.0 Å². The molecular formula is C25H22N2O3. The molecule has 0 aromatic heterocycles. The van der Waals surface area contributed by atoms with Gasteiger partial charge in [0.05, 0.1) is 17.5 Å². The van der Waals surface area contributed by atoms with Crippen LogP contribution < -0.4 is 4.90 Å². The van der Waals surface area contributed by atoms with Gasteiger partial charge in [0.1, 0.15) is 0 Å². The lowest BCUT2D eigenvalue weighted by Gasteiger charge is -2.29. The predicted molar refractivity (Wildman–Crippen MR) is 112 cm³/mol. The van der Waals surface area contributed by atoms with Crippen molar-refractivity contribution in [2.75, 3.05) is 11.4 Å². The Bertz CT molecular complexity index is 1090. The third kappa shape index (κ3) is 2.44. The summed E-state index contributed by atoms with van der Waals surface area (Å²) in [4.78, 5) is 42.5. The number of anilines is 1. The van der Waals surface area contributed by atoms with Gasteiger partial charge in [-0.25, -0.2) is 4.90 Å². The maximum absolute atomic E-state index is 13.2. The summed E-state index contributed by atoms with van der Waals surface area (Å²) in [5.74, 6) is -0.389. The fraction of sp³-hybridized carbons (Fsp3) is 0.320. The Kier molecular flexibility index (Phi) is 3.76. The van der Waals surface area contributed by atoms with Crippen LogP contribution in [0.15, 0.2) is 60.7 Å². The zero-order valence-electron chi connectivity index (χ0n) is 16.5. The van der Waals surface area contributed by atoms with E-state index < -0.39 is 0 Å². The molecule has 1 saturated carbocycles. The maximum Gasteiger partial charge on any atom is 0.254 e. The zero-order chi connectivity index (χ0) is 20.4. The third-order valence-electron chi connectivity index (χ3n) is 7.24. The van der Waals surface area contributed by atoms with E-state index in [0.29, 0.717) is 24.3 Å². The molecule has 5 nitrogen and oxygen atoms in total. The summed E-state index contributed by atoms with van der Waals surface area (Å²) in [6.45, 7) is 1.25. The lowest BCUT2D eigenvalue weighted by atomic mass is 9.85. The topological polar surface area (TPSA) is 57.7 Å². The SMILES string of the molecule is O=C(c1cccc(N2C(=O)C3C4C=CC(C4)C3C2=O)c1)N1CCc2ccccc2C1. The van der Waals surface area contributed by atoms with Crippen LogP contribution in [0.4, 0.5) is 5.69 Å². The maximum atomic E-state index is 13.2. The highest BCUT2D eigenvalue weighted by Crippen LogP contribution is 2.53. The van der Waals surface area contributed by atoms with E-state index in [-0.39, 0.29) is 41.4 Å². The van der Waals surface area contributed by atoms with Gasteiger partial charge in [-0.3, -0.25) is 14.4 Å². The van der Waals surface area contributed by atoms with Gasteiger partial charge in [0.15, 0.2) is 0 Å². The van der Waals surface area contributed by atoms with Gasteiger partial charge in [-0.1, -0.05) is 42.5 Å². The quantitative estimate of drug-likeness (QED) is 0.577. The van der Waals surface area contributed by atoms with Gasteiger partial charge < -0.3 is 4.90 Å². The van der Waals surface area contributed by atoms with E-state index in [1.807, 2.05) is 17.0 Å². The summed E-state index contributed by atoms with van der Waals surface area (Å²) in [6, 6.07) is 15.2. The molecule has 2 aliphatic carbocycles. The van der Waals surface area contributed by atoms with E-state index in [4.69, 9.17) is 0 Å². The zero-order valence-corrected chi connectivity index (χ0v) is 16.5. The number of benzene rings is 2. The molecule has 1 saturated heterocycles. The number of hydrogen-bond donors (Lipinski definition) is 0. The summed E-state index contributed by atoms with van der Waals surface area (Å²) >= 11 is 0. The lowest BCUT2D eigenvalue weighted by Crippen LogP contribution is -2.36. The first-order valence-corrected chi connectivity index (χ1v) is 10.6. The summed E-state index contributed by atoms with van der Waals surface area (Å²) in [6.07, 6.45) is 5.93. The Morgan fingerprint density at radius 2 is 1.57 bits per heavy atom. The fourth-order valence-corrected chi connectivity index (χ4v) is 5.79. The predicted octanol–water partition coefficient (Wildman–Crippen LogP) is 3.20. The minimum absolute atomic E-state index is 0.0626. The molecule has 0 radical (unpaired) electrons. The highest BCUT2D eigenvalue weighted by atomic mass is 16.2. The molecule has 2 aromatic carbocycles. The molecule has 2 bridgehead atoms. The van der Waals surface area contributed by atoms with E-state index >= 15 is 0 Å². The molecule has 0 spiro atoms. The standard InChI is InChI=1S/C25H22N2O3/c28-23(26-11-10-15-4-1-2-5-19(15)14-26)18-6-3-7-20(13-18)27-24(29)21-16-8-9-17(12-16)22(21)25(27)30/h1-9,13,16-17,21-22H,10-12,14H2. The van der Waals surface area contributed by atoms with Crippen molar-refractivity contribution in [2.45, 2.75) is 19.4 Å². The van der Waals surface area contributed by atoms with Crippen molar-refractivity contribution < 1.29 is 14.4 Å². The number of amides is 3. The van der Waals surface area contributed by atoms with E-state index in [1.54, 1.807) is 24.3 Å². The Morgan fingerprint density at radius 1 is 0.867 bits per heavy atom. The number of imide groups is 1. The Labute approximate surface area is 175 Å². The van der Waals surface area contributed by atoms with Crippen molar-refractivity contribution in [3.63, 3.8) is 0 Å². The first-order valence-electron chi connectivity index (χ1n) is 10.6. The normalized spacial score (nSPS) is 28.8. The van der Waals surface area contributed by atoms with Crippen molar-refractivity contribution in [2.24, 2.45) is 23.7 Å². The summed E-state index contributed by atoms with van der Waals surface area (Å²) in [7, 11) is 0. The smallest absolute Gasteiger partial charge is 0.254 e. The molecule has 2 heterocycles. The van der Waals surface area contributed by atoms with Crippen LogP contribution in [0.25, 0.3) is 0 Å². The van der Waals surface area contributed by atoms with Crippen molar-refractivity contribution in [1.82, 2.24) is 4.90 Å². The van der Waals surface area contributed by atoms with Crippen molar-refractivity contribution in [1.29, 1.82) is 0 Å². The first kappa shape index (κ1) is 17.6. The molecule has 30 heavy (non-hydrogen) atoms. The minimum atomic E-state index is -0.231. The second kappa shape index (κ2) is 6.39. The number of fused-ring (bicyclic) bond motifs is 6. The van der Waals surface area contributed by atoms with Crippen LogP contribution in [0.3, 0.4) is 0 Å². The van der Waals surface area contributed by atoms with Gasteiger partial charge in [0.2, 0.25) is 11.8 Å². The minimum Gasteiger partial charge on any atom is -0.334 e. The van der Waals surface area contributed by atoms with Crippen molar-refractivity contribution in [3.05, 3.63) is 77.4 Å². The van der Waals surface area contributed by atoms with Crippen LogP contribution in [-0.2, 0) is 22.6 Å². The van der Waals surface area contributed by atoms with Gasteiger partial charge in [0, 0.05) is 18.7 Å². The van der Waals surface area contributed by atoms with Crippen LogP contribution in [0.1, 0.15) is 27.9 Å². The van der Waals surface area contributed by atoms with Crippen LogP contribution in [0.5, 0.6) is 0 Å². The van der Waals surface area contributed by atoms with Crippen molar-refractivity contribution in [3.8, 4) is 0 Å². The summed E-state index contributed by atoms with van der Waals surface area (Å²) < 4.78 is 0. The molecule has 4 atom stereocenters. The van der Waals surface area contributed by atoms with Crippen LogP contribution in [0.2, 0.25) is 0 Å². The summed E-state index contributed by atoms with van der Waals surface area (Å²) in [5.41, 5.74) is 3.50. The van der Waals surface area contributed by atoms with Gasteiger partial charge in [0.25, 0.3) is 5.91 Å². The average molecular weight is 398 g/mol. The first-order chi connectivity index (χ1) is 14.6. The lowest BCUT2D eigenvalue weighted by molar-refractivity contribution is -0.123. The molecule has 6 rings (SSSR count). The Hall–Kier alpha value is -3.21. The Morgan fingerprint density at radius 3 is 2.30 bits per heavy atom. The third-order valence-corrected chi connectivity index (χ3v) is 7.24. The number of carbonyl (C=O) groups is 3. The van der Waals surface area contributed by atoms with Crippen LogP contribution >= 0.6 is 0 Å². The van der Waals surface area contributed by atoms with E-state index in [2.05, 4.69) is 24.3 Å². The molecule has 2 aromatic rings. The molecular weight excluding hydrogens is 376 g/mol. The van der Waals surface area contributed by atoms with Crippen LogP contribution in [0, 0.1) is 23.7 Å². The Balaban J connectivity index is 1.27. The molecule has 5 heteroatoms. The van der Waals surface area contributed by atoms with Crippen LogP contribution in [-0.4, -0.2) is 29.2 Å². The summed E-state index contributed by atoms with van der Waals surface area (Å²) in [5, 5.41) is 0. The number of hydrogen-bond acceptors (Lipinski definition) is 3. The molecule has 3 amide bonds. The number of nitrogens with zero attached hydrogens (tertiary/aromatic N) is 2. The molecule has 150 valence electrons. The van der Waals surface area contributed by atoms with Gasteiger partial charge in [-0.2, -0.15) is 0 Å². The largest absolute Gasteiger partial charge is 0.334 e. The molecule has 2 fully saturated rings. The highest BCUT2D eigenvalue weighted by Gasteiger charge is 2.59.